The standard InChI is InChI=1S/C20H17N5O5S/c1-13-8-9-15(11-21)10-16(13)30-19-17(25(26)27)18(23-20(24-19)31(2,28)29)22-12-14-6-4-3-5-7-14/h3-10H,12H2,1-2H3,(H,22,23,24). The number of benzene rings is 2. The quantitative estimate of drug-likeness (QED) is 0.332. The van der Waals surface area contributed by atoms with Crippen LogP contribution in [-0.4, -0.2) is 29.6 Å². The molecule has 0 aliphatic rings. The highest BCUT2D eigenvalue weighted by atomic mass is 32.2. The second-order valence-corrected chi connectivity index (χ2v) is 8.48. The van der Waals surface area contributed by atoms with Gasteiger partial charge in [-0.25, -0.2) is 8.42 Å². The Labute approximate surface area is 178 Å². The van der Waals surface area contributed by atoms with Crippen molar-refractivity contribution in [3.8, 4) is 17.7 Å². The molecule has 158 valence electrons. The number of sulfone groups is 1. The van der Waals surface area contributed by atoms with Gasteiger partial charge in [-0.05, 0) is 30.2 Å². The number of nitrogens with zero attached hydrogens (tertiary/aromatic N) is 4. The SMILES string of the molecule is Cc1ccc(C#N)cc1Oc1nc(S(C)(=O)=O)nc(NCc2ccccc2)c1[N+](=O)[O-]. The van der Waals surface area contributed by atoms with E-state index in [2.05, 4.69) is 15.3 Å². The number of ether oxygens (including phenoxy) is 1. The minimum Gasteiger partial charge on any atom is -0.433 e. The van der Waals surface area contributed by atoms with Crippen molar-refractivity contribution in [1.82, 2.24) is 9.97 Å². The lowest BCUT2D eigenvalue weighted by atomic mass is 10.1. The fourth-order valence-corrected chi connectivity index (χ4v) is 3.11. The molecule has 0 aliphatic carbocycles. The van der Waals surface area contributed by atoms with Gasteiger partial charge in [-0.3, -0.25) is 10.1 Å². The zero-order chi connectivity index (χ0) is 22.6. The summed E-state index contributed by atoms with van der Waals surface area (Å²) >= 11 is 0. The molecular formula is C20H17N5O5S. The van der Waals surface area contributed by atoms with E-state index < -0.39 is 31.5 Å². The van der Waals surface area contributed by atoms with Crippen molar-refractivity contribution in [1.29, 1.82) is 5.26 Å². The average molecular weight is 439 g/mol. The highest BCUT2D eigenvalue weighted by molar-refractivity contribution is 7.90. The van der Waals surface area contributed by atoms with Gasteiger partial charge in [0.2, 0.25) is 15.7 Å². The van der Waals surface area contributed by atoms with Crippen LogP contribution in [0.3, 0.4) is 0 Å². The van der Waals surface area contributed by atoms with Gasteiger partial charge in [-0.1, -0.05) is 36.4 Å². The minimum atomic E-state index is -3.91. The van der Waals surface area contributed by atoms with Gasteiger partial charge < -0.3 is 10.1 Å². The Kier molecular flexibility index (Phi) is 6.12. The Hall–Kier alpha value is -4.04. The summed E-state index contributed by atoms with van der Waals surface area (Å²) < 4.78 is 29.8. The van der Waals surface area contributed by atoms with Crippen LogP contribution in [0.15, 0.2) is 53.7 Å². The van der Waals surface area contributed by atoms with Crippen LogP contribution in [0.4, 0.5) is 11.5 Å². The largest absolute Gasteiger partial charge is 0.433 e. The molecule has 1 aromatic heterocycles. The number of rotatable bonds is 7. The maximum atomic E-state index is 12.1. The molecule has 0 saturated heterocycles. The van der Waals surface area contributed by atoms with E-state index in [9.17, 15) is 18.5 Å². The van der Waals surface area contributed by atoms with Gasteiger partial charge in [0, 0.05) is 12.8 Å². The molecule has 11 heteroatoms. The summed E-state index contributed by atoms with van der Waals surface area (Å²) in [6, 6.07) is 15.5. The number of nitro groups is 1. The van der Waals surface area contributed by atoms with E-state index in [1.54, 1.807) is 43.3 Å². The maximum absolute atomic E-state index is 12.1. The van der Waals surface area contributed by atoms with Crippen molar-refractivity contribution in [2.24, 2.45) is 0 Å². The van der Waals surface area contributed by atoms with Gasteiger partial charge >= 0.3 is 11.6 Å². The lowest BCUT2D eigenvalue weighted by Gasteiger charge is -2.12. The molecule has 1 N–H and O–H groups in total. The Morgan fingerprint density at radius 1 is 1.19 bits per heavy atom. The topological polar surface area (TPSA) is 148 Å². The fraction of sp³-hybridized carbons (Fsp3) is 0.150. The van der Waals surface area contributed by atoms with Gasteiger partial charge in [0.25, 0.3) is 5.16 Å². The Balaban J connectivity index is 2.12. The van der Waals surface area contributed by atoms with Crippen LogP contribution in [0.25, 0.3) is 0 Å². The second-order valence-electron chi connectivity index (χ2n) is 6.57. The first-order valence-corrected chi connectivity index (χ1v) is 10.8. The van der Waals surface area contributed by atoms with Crippen molar-refractivity contribution in [3.05, 3.63) is 75.3 Å². The molecule has 2 aromatic carbocycles. The third-order valence-corrected chi connectivity index (χ3v) is 5.02. The summed E-state index contributed by atoms with van der Waals surface area (Å²) in [5.41, 5.74) is 1.02. The Morgan fingerprint density at radius 2 is 1.90 bits per heavy atom. The van der Waals surface area contributed by atoms with Crippen LogP contribution in [0.1, 0.15) is 16.7 Å². The van der Waals surface area contributed by atoms with E-state index in [-0.39, 0.29) is 23.7 Å². The zero-order valence-corrected chi connectivity index (χ0v) is 17.4. The summed E-state index contributed by atoms with van der Waals surface area (Å²) in [6.45, 7) is 1.83. The third kappa shape index (κ3) is 5.12. The molecule has 1 heterocycles. The molecular weight excluding hydrogens is 422 g/mol. The Bertz CT molecular complexity index is 1290. The number of aryl methyl sites for hydroxylation is 1. The molecule has 0 fully saturated rings. The summed E-state index contributed by atoms with van der Waals surface area (Å²) in [7, 11) is -3.91. The van der Waals surface area contributed by atoms with E-state index in [0.717, 1.165) is 11.8 Å². The maximum Gasteiger partial charge on any atom is 0.373 e. The first-order chi connectivity index (χ1) is 14.7. The number of hydrogen-bond donors (Lipinski definition) is 1. The smallest absolute Gasteiger partial charge is 0.373 e. The van der Waals surface area contributed by atoms with Crippen molar-refractivity contribution in [2.75, 3.05) is 11.6 Å². The third-order valence-electron chi connectivity index (χ3n) is 4.17. The zero-order valence-electron chi connectivity index (χ0n) is 16.6. The Morgan fingerprint density at radius 3 is 2.52 bits per heavy atom. The average Bonchev–Trinajstić information content (AvgIpc) is 2.73. The highest BCUT2D eigenvalue weighted by Crippen LogP contribution is 2.37. The summed E-state index contributed by atoms with van der Waals surface area (Å²) in [5.74, 6) is -0.711. The van der Waals surface area contributed by atoms with E-state index in [0.29, 0.717) is 5.56 Å². The summed E-state index contributed by atoms with van der Waals surface area (Å²) in [4.78, 5) is 18.7. The first kappa shape index (κ1) is 21.7. The number of anilines is 1. The van der Waals surface area contributed by atoms with Crippen molar-refractivity contribution in [2.45, 2.75) is 18.6 Å². The predicted octanol–water partition coefficient (Wildman–Crippen LogP) is 3.37. The van der Waals surface area contributed by atoms with Crippen LogP contribution in [0, 0.1) is 28.4 Å². The monoisotopic (exact) mass is 439 g/mol. The molecule has 3 aromatic rings. The van der Waals surface area contributed by atoms with E-state index in [1.165, 1.54) is 6.07 Å². The molecule has 0 bridgehead atoms. The lowest BCUT2D eigenvalue weighted by molar-refractivity contribution is -0.385. The molecule has 0 unspecified atom stereocenters. The van der Waals surface area contributed by atoms with Gasteiger partial charge in [0.05, 0.1) is 16.6 Å². The van der Waals surface area contributed by atoms with Gasteiger partial charge in [0.15, 0.2) is 0 Å². The molecule has 0 aliphatic heterocycles. The lowest BCUT2D eigenvalue weighted by Crippen LogP contribution is -2.12. The highest BCUT2D eigenvalue weighted by Gasteiger charge is 2.30. The van der Waals surface area contributed by atoms with Gasteiger partial charge in [-0.15, -0.1) is 0 Å². The number of aromatic nitrogens is 2. The van der Waals surface area contributed by atoms with Crippen molar-refractivity contribution in [3.63, 3.8) is 0 Å². The van der Waals surface area contributed by atoms with Gasteiger partial charge in [0.1, 0.15) is 5.75 Å². The normalized spacial score (nSPS) is 10.9. The van der Waals surface area contributed by atoms with E-state index in [1.807, 2.05) is 12.1 Å². The molecule has 0 spiro atoms. The second kappa shape index (κ2) is 8.76. The molecule has 10 nitrogen and oxygen atoms in total. The molecule has 0 atom stereocenters. The number of hydrogen-bond acceptors (Lipinski definition) is 9. The number of nitrogens with one attached hydrogen (secondary N) is 1. The summed E-state index contributed by atoms with van der Waals surface area (Å²) in [6.07, 6.45) is 0.889. The van der Waals surface area contributed by atoms with E-state index >= 15 is 0 Å². The molecule has 3 rings (SSSR count). The van der Waals surface area contributed by atoms with Crippen LogP contribution in [-0.2, 0) is 16.4 Å². The van der Waals surface area contributed by atoms with Crippen LogP contribution in [0.2, 0.25) is 0 Å². The molecule has 31 heavy (non-hydrogen) atoms. The first-order valence-electron chi connectivity index (χ1n) is 8.92. The molecule has 0 amide bonds. The van der Waals surface area contributed by atoms with Gasteiger partial charge in [-0.2, -0.15) is 15.2 Å². The molecule has 0 radical (unpaired) electrons. The van der Waals surface area contributed by atoms with Crippen LogP contribution in [0.5, 0.6) is 11.6 Å². The fourth-order valence-electron chi connectivity index (χ4n) is 2.60. The van der Waals surface area contributed by atoms with Crippen LogP contribution >= 0.6 is 0 Å². The predicted molar refractivity (Wildman–Crippen MR) is 112 cm³/mol. The number of nitriles is 1. The van der Waals surface area contributed by atoms with Crippen LogP contribution < -0.4 is 10.1 Å². The van der Waals surface area contributed by atoms with Crippen molar-refractivity contribution < 1.29 is 18.1 Å². The molecule has 0 saturated carbocycles. The minimum absolute atomic E-state index is 0.134. The van der Waals surface area contributed by atoms with E-state index in [4.69, 9.17) is 10.00 Å². The summed E-state index contributed by atoms with van der Waals surface area (Å²) in [5, 5.41) is 23.1. The van der Waals surface area contributed by atoms with Crippen molar-refractivity contribution >= 4 is 21.3 Å².